The molecular weight excluding hydrogens is 226 g/mol. The first kappa shape index (κ1) is 13.6. The lowest BCUT2D eigenvalue weighted by atomic mass is 10.2. The molecule has 94 valence electrons. The van der Waals surface area contributed by atoms with E-state index in [9.17, 15) is 13.6 Å². The van der Waals surface area contributed by atoms with E-state index in [0.29, 0.717) is 25.2 Å². The van der Waals surface area contributed by atoms with Crippen molar-refractivity contribution in [2.24, 2.45) is 0 Å². The molecule has 0 bridgehead atoms. The van der Waals surface area contributed by atoms with Crippen LogP contribution in [0.4, 0.5) is 8.78 Å². The van der Waals surface area contributed by atoms with Crippen LogP contribution in [0, 0.1) is 11.6 Å². The van der Waals surface area contributed by atoms with Crippen LogP contribution in [-0.4, -0.2) is 19.0 Å². The minimum absolute atomic E-state index is 0.0606. The van der Waals surface area contributed by atoms with Gasteiger partial charge < -0.3 is 10.6 Å². The predicted molar refractivity (Wildman–Crippen MR) is 61.4 cm³/mol. The van der Waals surface area contributed by atoms with Gasteiger partial charge in [-0.3, -0.25) is 4.79 Å². The Morgan fingerprint density at radius 1 is 1.29 bits per heavy atom. The largest absolute Gasteiger partial charge is 0.356 e. The summed E-state index contributed by atoms with van der Waals surface area (Å²) >= 11 is 0. The lowest BCUT2D eigenvalue weighted by Gasteiger charge is -2.06. The highest BCUT2D eigenvalue weighted by atomic mass is 19.1. The highest BCUT2D eigenvalue weighted by Crippen LogP contribution is 2.08. The molecule has 0 saturated heterocycles. The standard InChI is InChI=1S/C12H16F2N2O/c1-9(17)16-6-2-5-15-8-10-3-4-11(13)7-12(10)14/h3-4,7,15H,2,5-6,8H2,1H3,(H,16,17). The second-order valence-corrected chi connectivity index (χ2v) is 3.75. The van der Waals surface area contributed by atoms with E-state index in [1.807, 2.05) is 0 Å². The van der Waals surface area contributed by atoms with Crippen molar-refractivity contribution in [1.82, 2.24) is 10.6 Å². The zero-order chi connectivity index (χ0) is 12.7. The Morgan fingerprint density at radius 3 is 2.71 bits per heavy atom. The van der Waals surface area contributed by atoms with Crippen LogP contribution in [0.2, 0.25) is 0 Å². The average molecular weight is 242 g/mol. The van der Waals surface area contributed by atoms with E-state index < -0.39 is 11.6 Å². The third-order valence-electron chi connectivity index (χ3n) is 2.23. The molecule has 5 heteroatoms. The Labute approximate surface area is 99.2 Å². The summed E-state index contributed by atoms with van der Waals surface area (Å²) in [5.41, 5.74) is 0.436. The summed E-state index contributed by atoms with van der Waals surface area (Å²) in [6.45, 7) is 3.07. The first-order chi connectivity index (χ1) is 8.09. The van der Waals surface area contributed by atoms with Crippen LogP contribution in [-0.2, 0) is 11.3 Å². The fraction of sp³-hybridized carbons (Fsp3) is 0.417. The molecular formula is C12H16F2N2O. The zero-order valence-corrected chi connectivity index (χ0v) is 9.72. The van der Waals surface area contributed by atoms with Crippen molar-refractivity contribution in [1.29, 1.82) is 0 Å². The van der Waals surface area contributed by atoms with Gasteiger partial charge in [-0.2, -0.15) is 0 Å². The third kappa shape index (κ3) is 5.40. The van der Waals surface area contributed by atoms with Gasteiger partial charge >= 0.3 is 0 Å². The topological polar surface area (TPSA) is 41.1 Å². The Kier molecular flexibility index (Phi) is 5.56. The van der Waals surface area contributed by atoms with Gasteiger partial charge in [0.05, 0.1) is 0 Å². The van der Waals surface area contributed by atoms with Gasteiger partial charge in [-0.25, -0.2) is 8.78 Å². The summed E-state index contributed by atoms with van der Waals surface area (Å²) < 4.78 is 25.8. The second-order valence-electron chi connectivity index (χ2n) is 3.75. The average Bonchev–Trinajstić information content (AvgIpc) is 2.25. The summed E-state index contributed by atoms with van der Waals surface area (Å²) in [6.07, 6.45) is 0.766. The molecule has 0 atom stereocenters. The number of hydrogen-bond acceptors (Lipinski definition) is 2. The molecule has 0 heterocycles. The molecule has 0 radical (unpaired) electrons. The molecule has 3 nitrogen and oxygen atoms in total. The third-order valence-corrected chi connectivity index (χ3v) is 2.23. The maximum Gasteiger partial charge on any atom is 0.216 e. The lowest BCUT2D eigenvalue weighted by Crippen LogP contribution is -2.25. The van der Waals surface area contributed by atoms with E-state index in [1.54, 1.807) is 0 Å². The Balaban J connectivity index is 2.20. The maximum absolute atomic E-state index is 13.2. The number of amides is 1. The first-order valence-electron chi connectivity index (χ1n) is 5.48. The van der Waals surface area contributed by atoms with Gasteiger partial charge in [0.1, 0.15) is 11.6 Å². The van der Waals surface area contributed by atoms with Crippen molar-refractivity contribution in [3.8, 4) is 0 Å². The molecule has 0 aromatic heterocycles. The van der Waals surface area contributed by atoms with Crippen LogP contribution in [0.3, 0.4) is 0 Å². The molecule has 0 aliphatic carbocycles. The number of nitrogens with one attached hydrogen (secondary N) is 2. The molecule has 17 heavy (non-hydrogen) atoms. The number of halogens is 2. The van der Waals surface area contributed by atoms with E-state index in [-0.39, 0.29) is 5.91 Å². The van der Waals surface area contributed by atoms with Gasteiger partial charge in [0, 0.05) is 31.6 Å². The predicted octanol–water partition coefficient (Wildman–Crippen LogP) is 1.58. The van der Waals surface area contributed by atoms with E-state index in [2.05, 4.69) is 10.6 Å². The van der Waals surface area contributed by atoms with Gasteiger partial charge in [0.15, 0.2) is 0 Å². The fourth-order valence-electron chi connectivity index (χ4n) is 1.37. The van der Waals surface area contributed by atoms with Crippen LogP contribution in [0.15, 0.2) is 18.2 Å². The molecule has 1 rings (SSSR count). The normalized spacial score (nSPS) is 10.3. The van der Waals surface area contributed by atoms with Crippen LogP contribution in [0.5, 0.6) is 0 Å². The summed E-state index contributed by atoms with van der Waals surface area (Å²) in [5, 5.41) is 5.68. The second kappa shape index (κ2) is 6.96. The Morgan fingerprint density at radius 2 is 2.06 bits per heavy atom. The van der Waals surface area contributed by atoms with Crippen LogP contribution in [0.1, 0.15) is 18.9 Å². The molecule has 0 aliphatic rings. The van der Waals surface area contributed by atoms with Crippen LogP contribution in [0.25, 0.3) is 0 Å². The maximum atomic E-state index is 13.2. The van der Waals surface area contributed by atoms with Gasteiger partial charge in [-0.1, -0.05) is 6.07 Å². The summed E-state index contributed by atoms with van der Waals surface area (Å²) in [4.78, 5) is 10.6. The number of hydrogen-bond donors (Lipinski definition) is 2. The number of rotatable bonds is 6. The molecule has 0 fully saturated rings. The SMILES string of the molecule is CC(=O)NCCCNCc1ccc(F)cc1F. The lowest BCUT2D eigenvalue weighted by molar-refractivity contribution is -0.118. The van der Waals surface area contributed by atoms with Crippen molar-refractivity contribution < 1.29 is 13.6 Å². The number of benzene rings is 1. The van der Waals surface area contributed by atoms with Crippen molar-refractivity contribution in [2.75, 3.05) is 13.1 Å². The summed E-state index contributed by atoms with van der Waals surface area (Å²) in [6, 6.07) is 3.53. The van der Waals surface area contributed by atoms with Crippen molar-refractivity contribution >= 4 is 5.91 Å². The number of carbonyl (C=O) groups is 1. The molecule has 0 unspecified atom stereocenters. The monoisotopic (exact) mass is 242 g/mol. The highest BCUT2D eigenvalue weighted by molar-refractivity contribution is 5.72. The minimum atomic E-state index is -0.572. The zero-order valence-electron chi connectivity index (χ0n) is 9.72. The van der Waals surface area contributed by atoms with Gasteiger partial charge in [0.2, 0.25) is 5.91 Å². The smallest absolute Gasteiger partial charge is 0.216 e. The van der Waals surface area contributed by atoms with E-state index >= 15 is 0 Å². The fourth-order valence-corrected chi connectivity index (χ4v) is 1.37. The van der Waals surface area contributed by atoms with E-state index in [4.69, 9.17) is 0 Å². The van der Waals surface area contributed by atoms with E-state index in [1.165, 1.54) is 19.1 Å². The number of carbonyl (C=O) groups excluding carboxylic acids is 1. The van der Waals surface area contributed by atoms with Crippen molar-refractivity contribution in [3.05, 3.63) is 35.4 Å². The molecule has 2 N–H and O–H groups in total. The van der Waals surface area contributed by atoms with Crippen LogP contribution < -0.4 is 10.6 Å². The van der Waals surface area contributed by atoms with Gasteiger partial charge in [-0.15, -0.1) is 0 Å². The highest BCUT2D eigenvalue weighted by Gasteiger charge is 2.02. The Bertz CT molecular complexity index is 383. The first-order valence-corrected chi connectivity index (χ1v) is 5.48. The summed E-state index contributed by atoms with van der Waals surface area (Å²) in [7, 11) is 0. The molecule has 1 aromatic carbocycles. The molecule has 0 saturated carbocycles. The van der Waals surface area contributed by atoms with Gasteiger partial charge in [-0.05, 0) is 19.0 Å². The quantitative estimate of drug-likeness (QED) is 0.744. The Hall–Kier alpha value is -1.49. The molecule has 0 aliphatic heterocycles. The van der Waals surface area contributed by atoms with Crippen molar-refractivity contribution in [2.45, 2.75) is 19.9 Å². The summed E-state index contributed by atoms with van der Waals surface area (Å²) in [5.74, 6) is -1.18. The van der Waals surface area contributed by atoms with Crippen molar-refractivity contribution in [3.63, 3.8) is 0 Å². The molecule has 0 spiro atoms. The van der Waals surface area contributed by atoms with Crippen LogP contribution >= 0.6 is 0 Å². The van der Waals surface area contributed by atoms with Gasteiger partial charge in [0.25, 0.3) is 0 Å². The molecule has 1 aromatic rings. The molecule has 1 amide bonds. The van der Waals surface area contributed by atoms with E-state index in [0.717, 1.165) is 12.5 Å². The minimum Gasteiger partial charge on any atom is -0.356 e.